The van der Waals surface area contributed by atoms with E-state index in [-0.39, 0.29) is 25.4 Å². The molecule has 168 valence electrons. The second kappa shape index (κ2) is 11.0. The minimum Gasteiger partial charge on any atom is -0.497 e. The molecular weight excluding hydrogens is 408 g/mol. The SMILES string of the molecule is COC(=O)CN(Cc1cc(OC)cc(OC)c1)C(=O)CCc1ccc(-c2ccccc2)[nH]1. The van der Waals surface area contributed by atoms with Gasteiger partial charge in [0.2, 0.25) is 5.91 Å². The molecule has 0 spiro atoms. The summed E-state index contributed by atoms with van der Waals surface area (Å²) in [7, 11) is 4.44. The van der Waals surface area contributed by atoms with Crippen molar-refractivity contribution in [2.24, 2.45) is 0 Å². The van der Waals surface area contributed by atoms with Gasteiger partial charge in [-0.05, 0) is 41.8 Å². The van der Waals surface area contributed by atoms with E-state index in [1.165, 1.54) is 12.0 Å². The van der Waals surface area contributed by atoms with Gasteiger partial charge in [-0.1, -0.05) is 30.3 Å². The first-order valence-corrected chi connectivity index (χ1v) is 10.3. The highest BCUT2D eigenvalue weighted by atomic mass is 16.5. The van der Waals surface area contributed by atoms with E-state index >= 15 is 0 Å². The number of H-pyrrole nitrogens is 1. The predicted molar refractivity (Wildman–Crippen MR) is 122 cm³/mol. The number of nitrogens with one attached hydrogen (secondary N) is 1. The van der Waals surface area contributed by atoms with Gasteiger partial charge >= 0.3 is 5.97 Å². The number of nitrogens with zero attached hydrogens (tertiary/aromatic N) is 1. The topological polar surface area (TPSA) is 80.9 Å². The highest BCUT2D eigenvalue weighted by Gasteiger charge is 2.19. The fourth-order valence-electron chi connectivity index (χ4n) is 3.40. The lowest BCUT2D eigenvalue weighted by atomic mass is 10.1. The van der Waals surface area contributed by atoms with E-state index in [0.717, 1.165) is 22.5 Å². The van der Waals surface area contributed by atoms with Crippen LogP contribution in [0.3, 0.4) is 0 Å². The Balaban J connectivity index is 1.70. The molecule has 0 radical (unpaired) electrons. The summed E-state index contributed by atoms with van der Waals surface area (Å²) in [5.74, 6) is 0.613. The second-order valence-electron chi connectivity index (χ2n) is 7.31. The average molecular weight is 437 g/mol. The first-order valence-electron chi connectivity index (χ1n) is 10.3. The quantitative estimate of drug-likeness (QED) is 0.489. The van der Waals surface area contributed by atoms with Crippen molar-refractivity contribution in [2.75, 3.05) is 27.9 Å². The van der Waals surface area contributed by atoms with Gasteiger partial charge in [0.05, 0.1) is 21.3 Å². The summed E-state index contributed by atoms with van der Waals surface area (Å²) < 4.78 is 15.4. The fraction of sp³-hybridized carbons (Fsp3) is 0.280. The maximum Gasteiger partial charge on any atom is 0.325 e. The fourth-order valence-corrected chi connectivity index (χ4v) is 3.40. The highest BCUT2D eigenvalue weighted by Crippen LogP contribution is 2.24. The van der Waals surface area contributed by atoms with Crippen LogP contribution >= 0.6 is 0 Å². The van der Waals surface area contributed by atoms with Gasteiger partial charge < -0.3 is 24.1 Å². The van der Waals surface area contributed by atoms with Crippen LogP contribution in [0.5, 0.6) is 11.5 Å². The van der Waals surface area contributed by atoms with Crippen LogP contribution < -0.4 is 9.47 Å². The summed E-state index contributed by atoms with van der Waals surface area (Å²) in [5.41, 5.74) is 3.84. The summed E-state index contributed by atoms with van der Waals surface area (Å²) in [6, 6.07) is 19.4. The molecule has 0 unspecified atom stereocenters. The normalized spacial score (nSPS) is 10.5. The van der Waals surface area contributed by atoms with E-state index in [2.05, 4.69) is 4.98 Å². The lowest BCUT2D eigenvalue weighted by Crippen LogP contribution is -2.36. The molecule has 1 heterocycles. The van der Waals surface area contributed by atoms with Gasteiger partial charge in [0, 0.05) is 30.4 Å². The Bertz CT molecular complexity index is 1020. The Morgan fingerprint density at radius 3 is 2.22 bits per heavy atom. The highest BCUT2D eigenvalue weighted by molar-refractivity contribution is 5.82. The van der Waals surface area contributed by atoms with Crippen LogP contribution in [0.15, 0.2) is 60.7 Å². The van der Waals surface area contributed by atoms with Gasteiger partial charge in [0.1, 0.15) is 18.0 Å². The van der Waals surface area contributed by atoms with Crippen molar-refractivity contribution in [1.82, 2.24) is 9.88 Å². The molecule has 0 atom stereocenters. The molecule has 0 bridgehead atoms. The monoisotopic (exact) mass is 436 g/mol. The molecule has 1 N–H and O–H groups in total. The standard InChI is InChI=1S/C25H28N2O5/c1-30-21-13-18(14-22(15-21)31-2)16-27(17-25(29)32-3)24(28)12-10-20-9-11-23(26-20)19-7-5-4-6-8-19/h4-9,11,13-15,26H,10,12,16-17H2,1-3H3. The number of aromatic amines is 1. The lowest BCUT2D eigenvalue weighted by molar-refractivity contribution is -0.147. The van der Waals surface area contributed by atoms with E-state index in [9.17, 15) is 9.59 Å². The van der Waals surface area contributed by atoms with Gasteiger partial charge in [0.15, 0.2) is 0 Å². The molecule has 0 saturated carbocycles. The Morgan fingerprint density at radius 2 is 1.59 bits per heavy atom. The van der Waals surface area contributed by atoms with Crippen molar-refractivity contribution in [3.8, 4) is 22.8 Å². The Kier molecular flexibility index (Phi) is 7.91. The third-order valence-electron chi connectivity index (χ3n) is 5.12. The summed E-state index contributed by atoms with van der Waals surface area (Å²) in [6.45, 7) is 0.107. The molecule has 7 nitrogen and oxygen atoms in total. The van der Waals surface area contributed by atoms with Crippen LogP contribution in [0, 0.1) is 0 Å². The van der Waals surface area contributed by atoms with Gasteiger partial charge in [0.25, 0.3) is 0 Å². The molecule has 3 aromatic rings. The zero-order valence-corrected chi connectivity index (χ0v) is 18.6. The number of ether oxygens (including phenoxy) is 3. The van der Waals surface area contributed by atoms with Crippen LogP contribution in [-0.4, -0.2) is 49.6 Å². The van der Waals surface area contributed by atoms with Crippen LogP contribution in [0.1, 0.15) is 17.7 Å². The van der Waals surface area contributed by atoms with Gasteiger partial charge in [-0.15, -0.1) is 0 Å². The van der Waals surface area contributed by atoms with E-state index < -0.39 is 5.97 Å². The van der Waals surface area contributed by atoms with Crippen molar-refractivity contribution in [1.29, 1.82) is 0 Å². The number of methoxy groups -OCH3 is 3. The number of rotatable bonds is 10. The zero-order valence-electron chi connectivity index (χ0n) is 18.6. The van der Waals surface area contributed by atoms with Crippen LogP contribution in [0.25, 0.3) is 11.3 Å². The second-order valence-corrected chi connectivity index (χ2v) is 7.31. The first-order chi connectivity index (χ1) is 15.5. The number of hydrogen-bond donors (Lipinski definition) is 1. The number of carbonyl (C=O) groups excluding carboxylic acids is 2. The lowest BCUT2D eigenvalue weighted by Gasteiger charge is -2.22. The van der Waals surface area contributed by atoms with Crippen molar-refractivity contribution in [3.63, 3.8) is 0 Å². The Morgan fingerprint density at radius 1 is 0.906 bits per heavy atom. The summed E-state index contributed by atoms with van der Waals surface area (Å²) in [4.78, 5) is 29.8. The van der Waals surface area contributed by atoms with Crippen LogP contribution in [-0.2, 0) is 27.3 Å². The number of aryl methyl sites for hydroxylation is 1. The third kappa shape index (κ3) is 6.14. The maximum atomic E-state index is 13.0. The van der Waals surface area contributed by atoms with Crippen molar-refractivity contribution in [3.05, 3.63) is 71.9 Å². The number of aromatic nitrogens is 1. The molecule has 0 saturated heterocycles. The number of esters is 1. The minimum atomic E-state index is -0.473. The molecule has 2 aromatic carbocycles. The molecule has 0 fully saturated rings. The molecule has 0 aliphatic carbocycles. The molecule has 32 heavy (non-hydrogen) atoms. The number of carbonyl (C=O) groups is 2. The number of hydrogen-bond acceptors (Lipinski definition) is 5. The van der Waals surface area contributed by atoms with E-state index in [0.29, 0.717) is 17.9 Å². The van der Waals surface area contributed by atoms with Gasteiger partial charge in [-0.25, -0.2) is 0 Å². The smallest absolute Gasteiger partial charge is 0.325 e. The van der Waals surface area contributed by atoms with Crippen LogP contribution in [0.2, 0.25) is 0 Å². The number of benzene rings is 2. The predicted octanol–water partition coefficient (Wildman–Crippen LogP) is 3.83. The van der Waals surface area contributed by atoms with E-state index in [4.69, 9.17) is 14.2 Å². The molecule has 1 amide bonds. The summed E-state index contributed by atoms with van der Waals surface area (Å²) in [6.07, 6.45) is 0.789. The largest absolute Gasteiger partial charge is 0.497 e. The molecule has 3 rings (SSSR count). The van der Waals surface area contributed by atoms with E-state index in [1.54, 1.807) is 20.3 Å². The van der Waals surface area contributed by atoms with Crippen molar-refractivity contribution in [2.45, 2.75) is 19.4 Å². The van der Waals surface area contributed by atoms with Crippen LogP contribution in [0.4, 0.5) is 0 Å². The average Bonchev–Trinajstić information content (AvgIpc) is 3.31. The maximum absolute atomic E-state index is 13.0. The molecule has 0 aliphatic rings. The Hall–Kier alpha value is -3.74. The van der Waals surface area contributed by atoms with E-state index in [1.807, 2.05) is 54.6 Å². The first kappa shape index (κ1) is 22.9. The molecule has 1 aromatic heterocycles. The van der Waals surface area contributed by atoms with Gasteiger partial charge in [-0.2, -0.15) is 0 Å². The third-order valence-corrected chi connectivity index (χ3v) is 5.12. The molecule has 7 heteroatoms. The Labute approximate surface area is 187 Å². The summed E-state index contributed by atoms with van der Waals surface area (Å²) >= 11 is 0. The summed E-state index contributed by atoms with van der Waals surface area (Å²) in [5, 5.41) is 0. The minimum absolute atomic E-state index is 0.130. The molecule has 0 aliphatic heterocycles. The van der Waals surface area contributed by atoms with Gasteiger partial charge in [-0.3, -0.25) is 9.59 Å². The van der Waals surface area contributed by atoms with Crippen molar-refractivity contribution >= 4 is 11.9 Å². The van der Waals surface area contributed by atoms with Crippen molar-refractivity contribution < 1.29 is 23.8 Å². The zero-order chi connectivity index (χ0) is 22.9. The molecular formula is C25H28N2O5. The number of amides is 1.